The molecule has 0 aromatic heterocycles. The molecule has 0 spiro atoms. The van der Waals surface area contributed by atoms with Gasteiger partial charge in [0.2, 0.25) is 0 Å². The van der Waals surface area contributed by atoms with Crippen LogP contribution >= 0.6 is 0 Å². The van der Waals surface area contributed by atoms with E-state index >= 15 is 0 Å². The van der Waals surface area contributed by atoms with Crippen molar-refractivity contribution in [2.24, 2.45) is 0 Å². The Morgan fingerprint density at radius 2 is 0.905 bits per heavy atom. The average molecular weight is 314 g/mol. The van der Waals surface area contributed by atoms with Crippen LogP contribution in [0.15, 0.2) is 48.5 Å². The van der Waals surface area contributed by atoms with Gasteiger partial charge in [0.15, 0.2) is 0 Å². The van der Waals surface area contributed by atoms with Gasteiger partial charge in [0.25, 0.3) is 0 Å². The molecule has 109 valence electrons. The molecule has 3 aromatic rings. The standard InChI is InChI=1S/C10H8.C10H15.V/c1-2-6-10-8-4-3-7-9(10)5-1;1-6-7(2)9(4)10(5)8(6)3;/h1-8H;1-5H3;/q;-1;. The van der Waals surface area contributed by atoms with E-state index in [2.05, 4.69) is 83.1 Å². The van der Waals surface area contributed by atoms with Crippen LogP contribution in [0.5, 0.6) is 0 Å². The van der Waals surface area contributed by atoms with Crippen molar-refractivity contribution in [1.82, 2.24) is 0 Å². The Kier molecular flexibility index (Phi) is 6.39. The summed E-state index contributed by atoms with van der Waals surface area (Å²) in [6.45, 7) is 11.0. The second-order valence-corrected chi connectivity index (χ2v) is 5.47. The van der Waals surface area contributed by atoms with Gasteiger partial charge in [0, 0.05) is 18.6 Å². The molecular weight excluding hydrogens is 291 g/mol. The molecule has 0 amide bonds. The fourth-order valence-corrected chi connectivity index (χ4v) is 2.54. The molecule has 0 atom stereocenters. The minimum Gasteiger partial charge on any atom is -0.196 e. The summed E-state index contributed by atoms with van der Waals surface area (Å²) in [5.74, 6) is 0. The molecule has 21 heavy (non-hydrogen) atoms. The van der Waals surface area contributed by atoms with Crippen LogP contribution < -0.4 is 0 Å². The maximum Gasteiger partial charge on any atom is 0 e. The molecule has 1 radical (unpaired) electrons. The third-order valence-electron chi connectivity index (χ3n) is 4.47. The average Bonchev–Trinajstić information content (AvgIpc) is 2.66. The van der Waals surface area contributed by atoms with Gasteiger partial charge in [-0.25, -0.2) is 0 Å². The molecule has 0 aliphatic rings. The van der Waals surface area contributed by atoms with Crippen molar-refractivity contribution >= 4 is 10.8 Å². The Balaban J connectivity index is 0.000000200. The van der Waals surface area contributed by atoms with Crippen molar-refractivity contribution in [2.45, 2.75) is 34.6 Å². The smallest absolute Gasteiger partial charge is 0 e. The molecule has 0 unspecified atom stereocenters. The third-order valence-corrected chi connectivity index (χ3v) is 4.47. The van der Waals surface area contributed by atoms with Crippen LogP contribution in [0, 0.1) is 34.6 Å². The van der Waals surface area contributed by atoms with Crippen molar-refractivity contribution in [3.8, 4) is 0 Å². The van der Waals surface area contributed by atoms with Gasteiger partial charge in [0.1, 0.15) is 0 Å². The van der Waals surface area contributed by atoms with E-state index in [-0.39, 0.29) is 18.6 Å². The first-order valence-corrected chi connectivity index (χ1v) is 7.15. The second kappa shape index (κ2) is 7.59. The van der Waals surface area contributed by atoms with Crippen molar-refractivity contribution in [3.63, 3.8) is 0 Å². The normalized spacial score (nSPS) is 9.76. The zero-order chi connectivity index (χ0) is 14.7. The molecule has 0 aliphatic heterocycles. The molecule has 3 aromatic carbocycles. The van der Waals surface area contributed by atoms with Crippen LogP contribution in [0.1, 0.15) is 27.8 Å². The Morgan fingerprint density at radius 3 is 1.10 bits per heavy atom. The van der Waals surface area contributed by atoms with E-state index in [1.54, 1.807) is 0 Å². The summed E-state index contributed by atoms with van der Waals surface area (Å²) in [6.07, 6.45) is 0. The Morgan fingerprint density at radius 1 is 0.619 bits per heavy atom. The first-order chi connectivity index (χ1) is 9.52. The molecule has 0 fully saturated rings. The van der Waals surface area contributed by atoms with E-state index in [4.69, 9.17) is 0 Å². The number of rotatable bonds is 0. The molecule has 1 heteroatoms. The van der Waals surface area contributed by atoms with E-state index in [0.717, 1.165) is 0 Å². The fourth-order valence-electron chi connectivity index (χ4n) is 2.54. The molecule has 0 nitrogen and oxygen atoms in total. The first kappa shape index (κ1) is 17.7. The maximum atomic E-state index is 2.20. The van der Waals surface area contributed by atoms with Crippen LogP contribution in [0.3, 0.4) is 0 Å². The SMILES string of the molecule is Cc1c(C)c(C)[c-](C)c1C.[V].c1ccc2ccccc2c1. The molecule has 0 bridgehead atoms. The van der Waals surface area contributed by atoms with Gasteiger partial charge >= 0.3 is 0 Å². The van der Waals surface area contributed by atoms with Gasteiger partial charge < -0.3 is 0 Å². The maximum absolute atomic E-state index is 2.20. The number of benzene rings is 2. The minimum atomic E-state index is 0. The van der Waals surface area contributed by atoms with E-state index in [0.29, 0.717) is 0 Å². The molecule has 0 aliphatic carbocycles. The Labute approximate surface area is 140 Å². The van der Waals surface area contributed by atoms with Crippen LogP contribution in [0.25, 0.3) is 10.8 Å². The summed E-state index contributed by atoms with van der Waals surface area (Å²) in [5.41, 5.74) is 7.34. The predicted molar refractivity (Wildman–Crippen MR) is 89.7 cm³/mol. The second-order valence-electron chi connectivity index (χ2n) is 5.47. The zero-order valence-corrected chi connectivity index (χ0v) is 15.0. The Bertz CT molecular complexity index is 574. The van der Waals surface area contributed by atoms with Crippen LogP contribution in [0.2, 0.25) is 0 Å². The fraction of sp³-hybridized carbons (Fsp3) is 0.250. The van der Waals surface area contributed by atoms with Gasteiger partial charge in [-0.3, -0.25) is 0 Å². The summed E-state index contributed by atoms with van der Waals surface area (Å²) >= 11 is 0. The van der Waals surface area contributed by atoms with Crippen LogP contribution in [0.4, 0.5) is 0 Å². The number of hydrogen-bond acceptors (Lipinski definition) is 0. The van der Waals surface area contributed by atoms with E-state index in [1.165, 1.54) is 38.6 Å². The van der Waals surface area contributed by atoms with Gasteiger partial charge in [-0.2, -0.15) is 27.8 Å². The molecule has 0 saturated heterocycles. The monoisotopic (exact) mass is 314 g/mol. The van der Waals surface area contributed by atoms with Crippen molar-refractivity contribution in [3.05, 3.63) is 76.3 Å². The third kappa shape index (κ3) is 3.84. The summed E-state index contributed by atoms with van der Waals surface area (Å²) in [4.78, 5) is 0. The topological polar surface area (TPSA) is 0 Å². The Hall–Kier alpha value is -1.37. The first-order valence-electron chi connectivity index (χ1n) is 7.15. The largest absolute Gasteiger partial charge is 0.196 e. The van der Waals surface area contributed by atoms with E-state index in [1.807, 2.05) is 0 Å². The molecule has 0 saturated carbocycles. The van der Waals surface area contributed by atoms with Crippen LogP contribution in [-0.2, 0) is 18.6 Å². The zero-order valence-electron chi connectivity index (χ0n) is 13.6. The van der Waals surface area contributed by atoms with Crippen molar-refractivity contribution in [1.29, 1.82) is 0 Å². The molecule has 3 rings (SSSR count). The summed E-state index contributed by atoms with van der Waals surface area (Å²) in [6, 6.07) is 16.7. The minimum absolute atomic E-state index is 0. The van der Waals surface area contributed by atoms with E-state index < -0.39 is 0 Å². The van der Waals surface area contributed by atoms with Gasteiger partial charge in [-0.1, -0.05) is 83.1 Å². The summed E-state index contributed by atoms with van der Waals surface area (Å²) in [5, 5.41) is 2.62. The van der Waals surface area contributed by atoms with Crippen LogP contribution in [-0.4, -0.2) is 0 Å². The van der Waals surface area contributed by atoms with E-state index in [9.17, 15) is 0 Å². The van der Waals surface area contributed by atoms with Crippen molar-refractivity contribution in [2.75, 3.05) is 0 Å². The van der Waals surface area contributed by atoms with Gasteiger partial charge in [0.05, 0.1) is 0 Å². The quantitative estimate of drug-likeness (QED) is 0.461. The molecular formula is C20H23V-. The summed E-state index contributed by atoms with van der Waals surface area (Å²) < 4.78 is 0. The molecule has 0 heterocycles. The summed E-state index contributed by atoms with van der Waals surface area (Å²) in [7, 11) is 0. The number of hydrogen-bond donors (Lipinski definition) is 0. The van der Waals surface area contributed by atoms with Gasteiger partial charge in [-0.05, 0) is 10.8 Å². The van der Waals surface area contributed by atoms with Crippen molar-refractivity contribution < 1.29 is 18.6 Å². The molecule has 0 N–H and O–H groups in total. The predicted octanol–water partition coefficient (Wildman–Crippen LogP) is 5.78. The number of fused-ring (bicyclic) bond motifs is 1. The van der Waals surface area contributed by atoms with Gasteiger partial charge in [-0.15, -0.1) is 0 Å².